The van der Waals surface area contributed by atoms with Gasteiger partial charge in [0.2, 0.25) is 0 Å². The van der Waals surface area contributed by atoms with Crippen molar-refractivity contribution < 1.29 is 0 Å². The standard InChI is InChI=1S/C10H3BrClN5/c11-6-1-7-10(15-4-6)17-9(12)8(16-7)5(2-13)3-14/h1,4-5H. The minimum atomic E-state index is -1.03. The largest absolute Gasteiger partial charge is 0.244 e. The summed E-state index contributed by atoms with van der Waals surface area (Å²) in [4.78, 5) is 12.2. The van der Waals surface area contributed by atoms with Gasteiger partial charge in [-0.2, -0.15) is 10.5 Å². The highest BCUT2D eigenvalue weighted by molar-refractivity contribution is 9.10. The van der Waals surface area contributed by atoms with Gasteiger partial charge >= 0.3 is 0 Å². The number of nitriles is 2. The zero-order valence-electron chi connectivity index (χ0n) is 8.22. The van der Waals surface area contributed by atoms with Crippen LogP contribution in [0.5, 0.6) is 0 Å². The van der Waals surface area contributed by atoms with Crippen molar-refractivity contribution in [3.8, 4) is 12.1 Å². The van der Waals surface area contributed by atoms with Crippen molar-refractivity contribution in [2.75, 3.05) is 0 Å². The van der Waals surface area contributed by atoms with Crippen molar-refractivity contribution in [3.63, 3.8) is 0 Å². The molecule has 0 fully saturated rings. The molecular weight excluding hydrogens is 306 g/mol. The van der Waals surface area contributed by atoms with Crippen LogP contribution in [0.4, 0.5) is 0 Å². The van der Waals surface area contributed by atoms with Gasteiger partial charge in [-0.15, -0.1) is 0 Å². The van der Waals surface area contributed by atoms with E-state index < -0.39 is 5.92 Å². The first-order chi connectivity index (χ1) is 8.15. The van der Waals surface area contributed by atoms with Gasteiger partial charge in [0.25, 0.3) is 0 Å². The number of hydrogen-bond acceptors (Lipinski definition) is 5. The number of pyridine rings is 1. The molecule has 0 unspecified atom stereocenters. The maximum Gasteiger partial charge on any atom is 0.179 e. The summed E-state index contributed by atoms with van der Waals surface area (Å²) in [6.07, 6.45) is 1.57. The average Bonchev–Trinajstić information content (AvgIpc) is 2.32. The summed E-state index contributed by atoms with van der Waals surface area (Å²) >= 11 is 9.12. The second kappa shape index (κ2) is 4.62. The Morgan fingerprint density at radius 2 is 2.00 bits per heavy atom. The average molecular weight is 309 g/mol. The molecule has 17 heavy (non-hydrogen) atoms. The van der Waals surface area contributed by atoms with Crippen LogP contribution in [0.25, 0.3) is 11.2 Å². The van der Waals surface area contributed by atoms with Crippen LogP contribution in [-0.2, 0) is 0 Å². The van der Waals surface area contributed by atoms with E-state index in [4.69, 9.17) is 22.1 Å². The molecule has 0 amide bonds. The molecule has 7 heteroatoms. The van der Waals surface area contributed by atoms with Gasteiger partial charge in [-0.25, -0.2) is 15.0 Å². The Kier molecular flexibility index (Phi) is 3.19. The van der Waals surface area contributed by atoms with Crippen LogP contribution >= 0.6 is 27.5 Å². The fourth-order valence-electron chi connectivity index (χ4n) is 1.25. The normalized spacial score (nSPS) is 10.2. The smallest absolute Gasteiger partial charge is 0.179 e. The highest BCUT2D eigenvalue weighted by atomic mass is 79.9. The fraction of sp³-hybridized carbons (Fsp3) is 0.100. The number of aromatic nitrogens is 3. The maximum absolute atomic E-state index is 8.81. The summed E-state index contributed by atoms with van der Waals surface area (Å²) in [6, 6.07) is 5.31. The number of nitrogens with zero attached hydrogens (tertiary/aromatic N) is 5. The molecule has 0 saturated carbocycles. The van der Waals surface area contributed by atoms with Crippen molar-refractivity contribution in [1.82, 2.24) is 15.0 Å². The molecule has 0 radical (unpaired) electrons. The first kappa shape index (κ1) is 11.7. The van der Waals surface area contributed by atoms with Gasteiger partial charge in [-0.3, -0.25) is 0 Å². The quantitative estimate of drug-likeness (QED) is 0.808. The monoisotopic (exact) mass is 307 g/mol. The van der Waals surface area contributed by atoms with Crippen molar-refractivity contribution in [3.05, 3.63) is 27.6 Å². The van der Waals surface area contributed by atoms with E-state index >= 15 is 0 Å². The first-order valence-corrected chi connectivity index (χ1v) is 5.60. The Balaban J connectivity index is 2.71. The van der Waals surface area contributed by atoms with E-state index in [0.717, 1.165) is 4.47 Å². The molecule has 0 aliphatic carbocycles. The van der Waals surface area contributed by atoms with E-state index in [2.05, 4.69) is 30.9 Å². The molecule has 2 rings (SSSR count). The number of halogens is 2. The lowest BCUT2D eigenvalue weighted by Crippen LogP contribution is -2.01. The summed E-state index contributed by atoms with van der Waals surface area (Å²) in [6.45, 7) is 0. The molecule has 5 nitrogen and oxygen atoms in total. The molecule has 0 aromatic carbocycles. The Hall–Kier alpha value is -1.76. The number of rotatable bonds is 1. The van der Waals surface area contributed by atoms with Crippen LogP contribution in [-0.4, -0.2) is 15.0 Å². The van der Waals surface area contributed by atoms with Crippen LogP contribution in [0.2, 0.25) is 5.15 Å². The lowest BCUT2D eigenvalue weighted by molar-refractivity contribution is 1.00. The van der Waals surface area contributed by atoms with Crippen LogP contribution in [0.3, 0.4) is 0 Å². The third-order valence-electron chi connectivity index (χ3n) is 2.00. The van der Waals surface area contributed by atoms with Gasteiger partial charge in [0.05, 0.1) is 12.1 Å². The second-order valence-electron chi connectivity index (χ2n) is 3.09. The first-order valence-electron chi connectivity index (χ1n) is 4.43. The predicted octanol–water partition coefficient (Wildman–Crippen LogP) is 2.57. The van der Waals surface area contributed by atoms with E-state index in [-0.39, 0.29) is 10.8 Å². The summed E-state index contributed by atoms with van der Waals surface area (Å²) in [5.41, 5.74) is 1.01. The number of hydrogen-bond donors (Lipinski definition) is 0. The van der Waals surface area contributed by atoms with E-state index in [0.29, 0.717) is 11.2 Å². The highest BCUT2D eigenvalue weighted by Crippen LogP contribution is 2.23. The Bertz CT molecular complexity index is 659. The van der Waals surface area contributed by atoms with Crippen LogP contribution in [0, 0.1) is 22.7 Å². The lowest BCUT2D eigenvalue weighted by atomic mass is 10.1. The third kappa shape index (κ3) is 2.19. The molecule has 2 aromatic rings. The molecule has 0 aliphatic heterocycles. The molecular formula is C10H3BrClN5. The van der Waals surface area contributed by atoms with E-state index in [1.54, 1.807) is 12.3 Å². The molecule has 0 bridgehead atoms. The van der Waals surface area contributed by atoms with Gasteiger partial charge in [-0.05, 0) is 22.0 Å². The van der Waals surface area contributed by atoms with Gasteiger partial charge in [0.15, 0.2) is 16.7 Å². The lowest BCUT2D eigenvalue weighted by Gasteiger charge is -2.04. The Morgan fingerprint density at radius 1 is 1.29 bits per heavy atom. The zero-order chi connectivity index (χ0) is 12.4. The van der Waals surface area contributed by atoms with Gasteiger partial charge in [-0.1, -0.05) is 11.6 Å². The summed E-state index contributed by atoms with van der Waals surface area (Å²) in [5.74, 6) is -1.03. The topological polar surface area (TPSA) is 86.2 Å². The number of fused-ring (bicyclic) bond motifs is 1. The van der Waals surface area contributed by atoms with Gasteiger partial charge in [0.1, 0.15) is 11.2 Å². The van der Waals surface area contributed by atoms with Crippen LogP contribution in [0.15, 0.2) is 16.7 Å². The summed E-state index contributed by atoms with van der Waals surface area (Å²) in [5, 5.41) is 17.6. The molecule has 0 aliphatic rings. The fourth-order valence-corrected chi connectivity index (χ4v) is 1.80. The highest BCUT2D eigenvalue weighted by Gasteiger charge is 2.17. The minimum absolute atomic E-state index is 0.0282. The molecule has 82 valence electrons. The van der Waals surface area contributed by atoms with Crippen molar-refractivity contribution in [2.24, 2.45) is 0 Å². The SMILES string of the molecule is N#CC(C#N)c1nc2cc(Br)cnc2nc1Cl. The Labute approximate surface area is 110 Å². The minimum Gasteiger partial charge on any atom is -0.244 e. The third-order valence-corrected chi connectivity index (χ3v) is 2.71. The molecule has 2 aromatic heterocycles. The van der Waals surface area contributed by atoms with Crippen molar-refractivity contribution >= 4 is 38.7 Å². The predicted molar refractivity (Wildman–Crippen MR) is 64.0 cm³/mol. The molecule has 0 N–H and O–H groups in total. The molecule has 0 atom stereocenters. The second-order valence-corrected chi connectivity index (χ2v) is 4.36. The van der Waals surface area contributed by atoms with E-state index in [1.807, 2.05) is 12.1 Å². The van der Waals surface area contributed by atoms with E-state index in [9.17, 15) is 0 Å². The molecule has 0 spiro atoms. The zero-order valence-corrected chi connectivity index (χ0v) is 10.6. The van der Waals surface area contributed by atoms with Crippen LogP contribution in [0.1, 0.15) is 11.6 Å². The van der Waals surface area contributed by atoms with Crippen LogP contribution < -0.4 is 0 Å². The summed E-state index contributed by atoms with van der Waals surface area (Å²) < 4.78 is 0.734. The van der Waals surface area contributed by atoms with Crippen molar-refractivity contribution in [2.45, 2.75) is 5.92 Å². The van der Waals surface area contributed by atoms with Gasteiger partial charge in [0, 0.05) is 10.7 Å². The molecule has 2 heterocycles. The molecule has 0 saturated heterocycles. The van der Waals surface area contributed by atoms with E-state index in [1.165, 1.54) is 0 Å². The maximum atomic E-state index is 8.81. The van der Waals surface area contributed by atoms with Gasteiger partial charge < -0.3 is 0 Å². The Morgan fingerprint density at radius 3 is 2.65 bits per heavy atom. The van der Waals surface area contributed by atoms with Crippen molar-refractivity contribution in [1.29, 1.82) is 10.5 Å². The summed E-state index contributed by atoms with van der Waals surface area (Å²) in [7, 11) is 0.